The van der Waals surface area contributed by atoms with Crippen LogP contribution in [0.1, 0.15) is 70.4 Å². The van der Waals surface area contributed by atoms with Gasteiger partial charge in [-0.2, -0.15) is 4.98 Å². The van der Waals surface area contributed by atoms with Crippen molar-refractivity contribution in [1.29, 1.82) is 0 Å². The highest BCUT2D eigenvalue weighted by Crippen LogP contribution is 2.36. The Kier molecular flexibility index (Phi) is 7.31. The molecule has 2 aliphatic carbocycles. The normalized spacial score (nSPS) is 21.1. The highest BCUT2D eigenvalue weighted by Gasteiger charge is 2.29. The summed E-state index contributed by atoms with van der Waals surface area (Å²) in [6, 6.07) is 0.136. The average Bonchev–Trinajstić information content (AvgIpc) is 3.52. The zero-order valence-corrected chi connectivity index (χ0v) is 23.0. The number of fused-ring (bicyclic) bond motifs is 1. The third-order valence-electron chi connectivity index (χ3n) is 8.57. The van der Waals surface area contributed by atoms with E-state index in [0.717, 1.165) is 43.3 Å². The van der Waals surface area contributed by atoms with Crippen molar-refractivity contribution in [2.75, 3.05) is 10.6 Å². The second-order valence-electron chi connectivity index (χ2n) is 11.2. The second-order valence-corrected chi connectivity index (χ2v) is 11.2. The van der Waals surface area contributed by atoms with Gasteiger partial charge in [-0.3, -0.25) is 9.51 Å². The maximum absolute atomic E-state index is 11.7. The van der Waals surface area contributed by atoms with Gasteiger partial charge in [0.15, 0.2) is 11.5 Å². The van der Waals surface area contributed by atoms with Crippen LogP contribution in [-0.2, 0) is 6.54 Å². The van der Waals surface area contributed by atoms with E-state index in [-0.39, 0.29) is 23.7 Å². The van der Waals surface area contributed by atoms with E-state index in [1.807, 2.05) is 0 Å². The van der Waals surface area contributed by atoms with Crippen LogP contribution in [-0.4, -0.2) is 45.7 Å². The lowest BCUT2D eigenvalue weighted by Gasteiger charge is -2.32. The van der Waals surface area contributed by atoms with Gasteiger partial charge in [0.25, 0.3) is 0 Å². The fraction of sp³-hybridized carbons (Fsp3) is 0.536. The third kappa shape index (κ3) is 5.34. The van der Waals surface area contributed by atoms with Crippen molar-refractivity contribution in [2.24, 2.45) is 17.8 Å². The number of allylic oxidation sites excluding steroid dienone is 1. The Balaban J connectivity index is 1.44. The third-order valence-corrected chi connectivity index (χ3v) is 8.57. The minimum atomic E-state index is -0.655. The summed E-state index contributed by atoms with van der Waals surface area (Å²) in [7, 11) is 0. The summed E-state index contributed by atoms with van der Waals surface area (Å²) >= 11 is 0. The number of nitrogens with zero attached hydrogens (tertiary/aromatic N) is 7. The highest BCUT2D eigenvalue weighted by atomic mass is 16.5. The van der Waals surface area contributed by atoms with Crippen molar-refractivity contribution in [2.45, 2.75) is 77.4 Å². The minimum Gasteiger partial charge on any atom is -0.365 e. The van der Waals surface area contributed by atoms with Gasteiger partial charge in [-0.25, -0.2) is 24.7 Å². The van der Waals surface area contributed by atoms with Gasteiger partial charge in [0.1, 0.15) is 11.8 Å². The van der Waals surface area contributed by atoms with E-state index in [1.54, 1.807) is 12.4 Å². The van der Waals surface area contributed by atoms with Crippen LogP contribution in [0.25, 0.3) is 22.8 Å². The lowest BCUT2D eigenvalue weighted by molar-refractivity contribution is 0.283. The molecule has 6 rings (SSSR count). The maximum Gasteiger partial charge on any atom is 0.439 e. The summed E-state index contributed by atoms with van der Waals surface area (Å²) in [6.45, 7) is 9.06. The van der Waals surface area contributed by atoms with Gasteiger partial charge in [0.05, 0.1) is 6.04 Å². The van der Waals surface area contributed by atoms with Gasteiger partial charge < -0.3 is 15.2 Å². The van der Waals surface area contributed by atoms with E-state index in [2.05, 4.69) is 61.8 Å². The number of aromatic nitrogens is 8. The van der Waals surface area contributed by atoms with Crippen LogP contribution in [0, 0.1) is 17.8 Å². The predicted octanol–water partition coefficient (Wildman–Crippen LogP) is 4.73. The summed E-state index contributed by atoms with van der Waals surface area (Å²) in [5, 5.41) is 11.1. The first kappa shape index (κ1) is 26.1. The fourth-order valence-electron chi connectivity index (χ4n) is 5.81. The largest absolute Gasteiger partial charge is 0.439 e. The van der Waals surface area contributed by atoms with Crippen molar-refractivity contribution in [3.05, 3.63) is 47.5 Å². The summed E-state index contributed by atoms with van der Waals surface area (Å²) in [6.07, 6.45) is 15.4. The van der Waals surface area contributed by atoms with Crippen molar-refractivity contribution >= 4 is 22.9 Å². The standard InChI is InChI=1S/C28H36N10O2/c1-4-18-8-10-19(11-9-18)14-38-22-23(31-16(2)20-6-5-7-20)33-25(26-36-28(39)40-37-26)34-24(22)35-27(38)32-17(3)21-12-29-15-30-13-21/h4,12-13,15-20H,1,5-11,14H2,2-3H3,(H,36,37,39)(H2,31,32,33,34,35). The first-order valence-electron chi connectivity index (χ1n) is 14.2. The molecule has 210 valence electrons. The van der Waals surface area contributed by atoms with E-state index in [0.29, 0.717) is 35.2 Å². The monoisotopic (exact) mass is 544 g/mol. The number of hydrogen-bond donors (Lipinski definition) is 3. The van der Waals surface area contributed by atoms with Crippen LogP contribution >= 0.6 is 0 Å². The zero-order chi connectivity index (χ0) is 27.6. The van der Waals surface area contributed by atoms with Gasteiger partial charge in [-0.1, -0.05) is 17.7 Å². The van der Waals surface area contributed by atoms with Crippen LogP contribution in [0.5, 0.6) is 0 Å². The molecule has 0 aromatic carbocycles. The molecule has 12 heteroatoms. The van der Waals surface area contributed by atoms with Crippen LogP contribution in [0.15, 0.2) is 40.7 Å². The minimum absolute atomic E-state index is 0.0853. The van der Waals surface area contributed by atoms with Gasteiger partial charge in [-0.15, -0.1) is 6.58 Å². The number of aromatic amines is 1. The molecule has 2 unspecified atom stereocenters. The van der Waals surface area contributed by atoms with Crippen molar-refractivity contribution in [1.82, 2.24) is 39.6 Å². The molecule has 0 bridgehead atoms. The van der Waals surface area contributed by atoms with Crippen LogP contribution in [0.3, 0.4) is 0 Å². The molecule has 0 radical (unpaired) electrons. The number of hydrogen-bond acceptors (Lipinski definition) is 10. The van der Waals surface area contributed by atoms with Crippen LogP contribution in [0.4, 0.5) is 11.8 Å². The molecular formula is C28H36N10O2. The number of anilines is 2. The average molecular weight is 545 g/mol. The van der Waals surface area contributed by atoms with E-state index < -0.39 is 5.76 Å². The fourth-order valence-corrected chi connectivity index (χ4v) is 5.81. The van der Waals surface area contributed by atoms with E-state index in [1.165, 1.54) is 25.6 Å². The highest BCUT2D eigenvalue weighted by molar-refractivity contribution is 5.87. The number of nitrogens with one attached hydrogen (secondary N) is 3. The van der Waals surface area contributed by atoms with Crippen molar-refractivity contribution in [3.8, 4) is 11.6 Å². The first-order valence-corrected chi connectivity index (χ1v) is 14.2. The summed E-state index contributed by atoms with van der Waals surface area (Å²) in [5.74, 6) is 2.83. The Morgan fingerprint density at radius 2 is 1.88 bits per heavy atom. The second kappa shape index (κ2) is 11.2. The number of H-pyrrole nitrogens is 1. The van der Waals surface area contributed by atoms with Crippen LogP contribution in [0.2, 0.25) is 0 Å². The quantitative estimate of drug-likeness (QED) is 0.239. The number of rotatable bonds is 10. The predicted molar refractivity (Wildman–Crippen MR) is 152 cm³/mol. The molecule has 2 atom stereocenters. The summed E-state index contributed by atoms with van der Waals surface area (Å²) in [4.78, 5) is 37.2. The summed E-state index contributed by atoms with van der Waals surface area (Å²) in [5.41, 5.74) is 2.32. The first-order chi connectivity index (χ1) is 19.5. The van der Waals surface area contributed by atoms with Crippen molar-refractivity contribution < 1.29 is 4.52 Å². The Morgan fingerprint density at radius 3 is 2.52 bits per heavy atom. The summed E-state index contributed by atoms with van der Waals surface area (Å²) < 4.78 is 6.97. The van der Waals surface area contributed by atoms with Gasteiger partial charge in [0, 0.05) is 30.5 Å². The molecule has 3 N–H and O–H groups in total. The molecule has 4 heterocycles. The van der Waals surface area contributed by atoms with E-state index in [4.69, 9.17) is 19.5 Å². The Morgan fingerprint density at radius 1 is 1.10 bits per heavy atom. The van der Waals surface area contributed by atoms with Crippen molar-refractivity contribution in [3.63, 3.8) is 0 Å². The molecule has 0 aliphatic heterocycles. The number of imidazole rings is 1. The maximum atomic E-state index is 11.7. The molecule has 40 heavy (non-hydrogen) atoms. The Labute approximate surface area is 232 Å². The Hall–Kier alpha value is -4.09. The van der Waals surface area contributed by atoms with E-state index >= 15 is 0 Å². The lowest BCUT2D eigenvalue weighted by Crippen LogP contribution is -2.31. The molecule has 0 spiro atoms. The topological polar surface area (TPSA) is 152 Å². The molecule has 2 saturated carbocycles. The van der Waals surface area contributed by atoms with E-state index in [9.17, 15) is 4.79 Å². The molecule has 12 nitrogen and oxygen atoms in total. The SMILES string of the molecule is C=CC1CCC(Cn2c(NC(C)c3cncnc3)nc3nc(-c4noc(=O)[nH]4)nc(NC(C)C4CCC4)c32)CC1. The van der Waals surface area contributed by atoms with Crippen LogP contribution < -0.4 is 16.4 Å². The molecule has 2 aliphatic rings. The molecule has 0 amide bonds. The molecule has 0 saturated heterocycles. The molecule has 4 aromatic heterocycles. The van der Waals surface area contributed by atoms with Gasteiger partial charge >= 0.3 is 5.76 Å². The van der Waals surface area contributed by atoms with Gasteiger partial charge in [-0.05, 0) is 70.1 Å². The molecular weight excluding hydrogens is 508 g/mol. The zero-order valence-electron chi connectivity index (χ0n) is 23.0. The smallest absolute Gasteiger partial charge is 0.365 e. The lowest BCUT2D eigenvalue weighted by atomic mass is 9.80. The van der Waals surface area contributed by atoms with Gasteiger partial charge in [0.2, 0.25) is 17.6 Å². The Bertz CT molecular complexity index is 1520. The molecule has 4 aromatic rings. The molecule has 2 fully saturated rings.